The smallest absolute Gasteiger partial charge is 0.345 e. The van der Waals surface area contributed by atoms with E-state index < -0.39 is 11.9 Å². The molecular formula is C29H16Br2Cl3N3O3. The molecule has 11 heteroatoms. The minimum Gasteiger partial charge on any atom is -0.422 e. The molecule has 0 bridgehead atoms. The molecule has 0 unspecified atom stereocenters. The minimum atomic E-state index is -0.671. The first-order valence-electron chi connectivity index (χ1n) is 11.6. The van der Waals surface area contributed by atoms with E-state index in [4.69, 9.17) is 39.5 Å². The van der Waals surface area contributed by atoms with Gasteiger partial charge >= 0.3 is 5.97 Å². The van der Waals surface area contributed by atoms with Crippen molar-refractivity contribution in [3.8, 4) is 16.9 Å². The molecule has 0 saturated heterocycles. The van der Waals surface area contributed by atoms with Gasteiger partial charge in [-0.2, -0.15) is 5.10 Å². The van der Waals surface area contributed by atoms with E-state index in [0.717, 1.165) is 15.4 Å². The maximum atomic E-state index is 13.4. The van der Waals surface area contributed by atoms with E-state index in [-0.39, 0.29) is 22.0 Å². The first kappa shape index (κ1) is 28.4. The molecular weight excluding hydrogens is 705 g/mol. The molecule has 5 aromatic rings. The number of aromatic nitrogens is 1. The van der Waals surface area contributed by atoms with Crippen molar-refractivity contribution in [3.05, 3.63) is 120 Å². The Hall–Kier alpha value is -3.14. The van der Waals surface area contributed by atoms with E-state index in [9.17, 15) is 9.59 Å². The number of rotatable bonds is 6. The van der Waals surface area contributed by atoms with E-state index in [1.54, 1.807) is 30.3 Å². The van der Waals surface area contributed by atoms with Gasteiger partial charge in [-0.3, -0.25) is 4.79 Å². The summed E-state index contributed by atoms with van der Waals surface area (Å²) in [6.07, 6.45) is 1.38. The zero-order valence-corrected chi connectivity index (χ0v) is 25.6. The lowest BCUT2D eigenvalue weighted by Gasteiger charge is -2.09. The predicted octanol–water partition coefficient (Wildman–Crippen LogP) is 9.30. The number of hydrogen-bond acceptors (Lipinski definition) is 4. The number of fused-ring (bicyclic) bond motifs is 1. The molecule has 0 aliphatic carbocycles. The number of para-hydroxylation sites is 1. The average Bonchev–Trinajstić information content (AvgIpc) is 3.31. The van der Waals surface area contributed by atoms with Crippen LogP contribution in [0.4, 0.5) is 0 Å². The van der Waals surface area contributed by atoms with Crippen LogP contribution in [0.25, 0.3) is 22.0 Å². The van der Waals surface area contributed by atoms with Gasteiger partial charge in [-0.1, -0.05) is 81.1 Å². The molecule has 0 spiro atoms. The summed E-state index contributed by atoms with van der Waals surface area (Å²) in [5.74, 6) is -0.949. The second-order valence-corrected chi connectivity index (χ2v) is 11.4. The van der Waals surface area contributed by atoms with Crippen LogP contribution in [0.5, 0.6) is 5.75 Å². The normalized spacial score (nSPS) is 11.2. The zero-order chi connectivity index (χ0) is 28.4. The van der Waals surface area contributed by atoms with Crippen molar-refractivity contribution in [1.82, 2.24) is 10.4 Å². The van der Waals surface area contributed by atoms with Crippen LogP contribution in [0.2, 0.25) is 15.1 Å². The van der Waals surface area contributed by atoms with Gasteiger partial charge in [0, 0.05) is 41.1 Å². The molecule has 1 aromatic heterocycles. The van der Waals surface area contributed by atoms with E-state index in [1.165, 1.54) is 18.3 Å². The second kappa shape index (κ2) is 12.2. The number of nitrogens with zero attached hydrogens (tertiary/aromatic N) is 1. The van der Waals surface area contributed by atoms with Gasteiger partial charge in [0.2, 0.25) is 0 Å². The molecule has 2 N–H and O–H groups in total. The molecule has 0 fully saturated rings. The summed E-state index contributed by atoms with van der Waals surface area (Å²) in [6, 6.07) is 22.4. The van der Waals surface area contributed by atoms with Crippen LogP contribution in [0.3, 0.4) is 0 Å². The third-order valence-corrected chi connectivity index (χ3v) is 7.88. The van der Waals surface area contributed by atoms with Crippen LogP contribution in [-0.4, -0.2) is 23.1 Å². The zero-order valence-electron chi connectivity index (χ0n) is 20.1. The topological polar surface area (TPSA) is 83.5 Å². The lowest BCUT2D eigenvalue weighted by Crippen LogP contribution is -2.19. The van der Waals surface area contributed by atoms with Crippen molar-refractivity contribution in [2.45, 2.75) is 0 Å². The molecule has 0 radical (unpaired) electrons. The SMILES string of the molecule is O=C(Oc1ccc(Br)cc1C=NNC(=O)c1[nH]c2c(Br)cccc2c1-c1ccccc1Cl)c1ccc(Cl)cc1Cl. The van der Waals surface area contributed by atoms with E-state index >= 15 is 0 Å². The number of esters is 1. The maximum Gasteiger partial charge on any atom is 0.345 e. The van der Waals surface area contributed by atoms with Gasteiger partial charge in [-0.15, -0.1) is 0 Å². The van der Waals surface area contributed by atoms with Crippen molar-refractivity contribution in [2.24, 2.45) is 5.10 Å². The fourth-order valence-electron chi connectivity index (χ4n) is 4.04. The Bertz CT molecular complexity index is 1820. The van der Waals surface area contributed by atoms with Crippen molar-refractivity contribution in [2.75, 3.05) is 0 Å². The van der Waals surface area contributed by atoms with Crippen molar-refractivity contribution in [3.63, 3.8) is 0 Å². The number of ether oxygens (including phenoxy) is 1. The Morgan fingerprint density at radius 1 is 0.900 bits per heavy atom. The van der Waals surface area contributed by atoms with E-state index in [0.29, 0.717) is 31.2 Å². The summed E-state index contributed by atoms with van der Waals surface area (Å²) < 4.78 is 7.08. The molecule has 0 atom stereocenters. The molecule has 6 nitrogen and oxygen atoms in total. The molecule has 40 heavy (non-hydrogen) atoms. The van der Waals surface area contributed by atoms with Gasteiger partial charge in [0.25, 0.3) is 5.91 Å². The van der Waals surface area contributed by atoms with Gasteiger partial charge in [-0.25, -0.2) is 10.2 Å². The van der Waals surface area contributed by atoms with Gasteiger partial charge in [-0.05, 0) is 64.5 Å². The molecule has 1 heterocycles. The third-order valence-electron chi connectivity index (χ3n) is 5.85. The largest absolute Gasteiger partial charge is 0.422 e. The number of amides is 1. The highest BCUT2D eigenvalue weighted by Gasteiger charge is 2.22. The highest BCUT2D eigenvalue weighted by molar-refractivity contribution is 9.11. The second-order valence-electron chi connectivity index (χ2n) is 8.41. The number of nitrogens with one attached hydrogen (secondary N) is 2. The van der Waals surface area contributed by atoms with Crippen LogP contribution in [-0.2, 0) is 0 Å². The van der Waals surface area contributed by atoms with Gasteiger partial charge in [0.05, 0.1) is 22.3 Å². The van der Waals surface area contributed by atoms with E-state index in [1.807, 2.05) is 36.4 Å². The molecule has 1 amide bonds. The molecule has 200 valence electrons. The third kappa shape index (κ3) is 5.96. The summed E-state index contributed by atoms with van der Waals surface area (Å²) in [7, 11) is 0. The fourth-order valence-corrected chi connectivity index (χ4v) is 5.60. The Labute approximate surface area is 260 Å². The Morgan fingerprint density at radius 3 is 2.48 bits per heavy atom. The summed E-state index contributed by atoms with van der Waals surface area (Å²) in [4.78, 5) is 29.3. The first-order chi connectivity index (χ1) is 19.2. The highest BCUT2D eigenvalue weighted by atomic mass is 79.9. The maximum absolute atomic E-state index is 13.4. The summed E-state index contributed by atoms with van der Waals surface area (Å²) in [6.45, 7) is 0. The van der Waals surface area contributed by atoms with Crippen LogP contribution >= 0.6 is 66.7 Å². The number of H-pyrrole nitrogens is 1. The summed E-state index contributed by atoms with van der Waals surface area (Å²) >= 11 is 25.5. The summed E-state index contributed by atoms with van der Waals surface area (Å²) in [5, 5.41) is 6.01. The minimum absolute atomic E-state index is 0.155. The van der Waals surface area contributed by atoms with Crippen LogP contribution < -0.4 is 10.2 Å². The van der Waals surface area contributed by atoms with Gasteiger partial charge in [0.15, 0.2) is 0 Å². The summed E-state index contributed by atoms with van der Waals surface area (Å²) in [5.41, 5.74) is 5.51. The first-order valence-corrected chi connectivity index (χ1v) is 14.3. The predicted molar refractivity (Wildman–Crippen MR) is 167 cm³/mol. The molecule has 0 aliphatic rings. The molecule has 5 rings (SSSR count). The Morgan fingerprint density at radius 2 is 1.70 bits per heavy atom. The Balaban J connectivity index is 1.44. The van der Waals surface area contributed by atoms with Crippen molar-refractivity contribution >= 4 is 95.7 Å². The number of aromatic amines is 1. The fraction of sp³-hybridized carbons (Fsp3) is 0. The average molecular weight is 721 g/mol. The number of halogens is 5. The molecule has 0 saturated carbocycles. The van der Waals surface area contributed by atoms with Crippen molar-refractivity contribution < 1.29 is 14.3 Å². The molecule has 0 aliphatic heterocycles. The monoisotopic (exact) mass is 717 g/mol. The van der Waals surface area contributed by atoms with Gasteiger partial charge < -0.3 is 9.72 Å². The van der Waals surface area contributed by atoms with Crippen LogP contribution in [0.1, 0.15) is 26.4 Å². The van der Waals surface area contributed by atoms with Crippen molar-refractivity contribution in [1.29, 1.82) is 0 Å². The van der Waals surface area contributed by atoms with Crippen LogP contribution in [0, 0.1) is 0 Å². The Kier molecular flexibility index (Phi) is 8.63. The standard InChI is InChI=1S/C29H16Br2Cl3N3O3/c30-16-8-11-24(40-29(39)19-10-9-17(32)13-23(19)34)15(12-16)14-35-37-28(38)27-25(18-4-1-2-7-22(18)33)20-5-3-6-21(31)26(20)36-27/h1-14,36H,(H,37,38). The quantitative estimate of drug-likeness (QED) is 0.0794. The lowest BCUT2D eigenvalue weighted by molar-refractivity contribution is 0.0734. The van der Waals surface area contributed by atoms with Crippen LogP contribution in [0.15, 0.2) is 92.9 Å². The van der Waals surface area contributed by atoms with E-state index in [2.05, 4.69) is 47.4 Å². The number of hydrogen-bond donors (Lipinski definition) is 2. The highest BCUT2D eigenvalue weighted by Crippen LogP contribution is 2.38. The van der Waals surface area contributed by atoms with Gasteiger partial charge in [0.1, 0.15) is 11.4 Å². The lowest BCUT2D eigenvalue weighted by atomic mass is 10.0. The number of hydrazone groups is 1. The number of carbonyl (C=O) groups excluding carboxylic acids is 2. The number of carbonyl (C=O) groups is 2. The molecule has 4 aromatic carbocycles. The number of benzene rings is 4.